The minimum atomic E-state index is -0.929. The lowest BCUT2D eigenvalue weighted by Gasteiger charge is -2.14. The minimum Gasteiger partial charge on any atom is -0.497 e. The zero-order valence-corrected chi connectivity index (χ0v) is 18.7. The van der Waals surface area contributed by atoms with Gasteiger partial charge in [-0.2, -0.15) is 0 Å². The average molecular weight is 437 g/mol. The number of ether oxygens (including phenoxy) is 2. The van der Waals surface area contributed by atoms with Gasteiger partial charge in [-0.3, -0.25) is 14.4 Å². The van der Waals surface area contributed by atoms with Crippen LogP contribution in [0.3, 0.4) is 0 Å². The quantitative estimate of drug-likeness (QED) is 0.353. The van der Waals surface area contributed by atoms with Crippen molar-refractivity contribution in [1.82, 2.24) is 9.55 Å². The second kappa shape index (κ2) is 10.7. The molecular weight excluding hydrogens is 408 g/mol. The Labute approximate surface area is 187 Å². The van der Waals surface area contributed by atoms with Crippen LogP contribution in [0.2, 0.25) is 0 Å². The maximum absolute atomic E-state index is 13.0. The van der Waals surface area contributed by atoms with E-state index in [-0.39, 0.29) is 24.2 Å². The summed E-state index contributed by atoms with van der Waals surface area (Å²) in [5.74, 6) is -0.209. The Morgan fingerprint density at radius 3 is 2.50 bits per heavy atom. The van der Waals surface area contributed by atoms with Gasteiger partial charge in [0.1, 0.15) is 11.4 Å². The summed E-state index contributed by atoms with van der Waals surface area (Å²) < 4.78 is 12.1. The Kier molecular flexibility index (Phi) is 7.76. The molecule has 32 heavy (non-hydrogen) atoms. The highest BCUT2D eigenvalue weighted by Gasteiger charge is 2.20. The number of hydrogen-bond donors (Lipinski definition) is 0. The van der Waals surface area contributed by atoms with Crippen LogP contribution in [0, 0.1) is 0 Å². The molecule has 0 spiro atoms. The van der Waals surface area contributed by atoms with Crippen LogP contribution in [-0.4, -0.2) is 34.5 Å². The van der Waals surface area contributed by atoms with Crippen molar-refractivity contribution in [3.8, 4) is 5.75 Å². The van der Waals surface area contributed by atoms with Gasteiger partial charge in [0, 0.05) is 18.5 Å². The lowest BCUT2D eigenvalue weighted by molar-refractivity contribution is -0.146. The number of methoxy groups -OCH3 is 1. The number of carbonyl (C=O) groups excluding carboxylic acids is 2. The molecule has 1 atom stereocenters. The summed E-state index contributed by atoms with van der Waals surface area (Å²) in [5.41, 5.74) is 2.07. The highest BCUT2D eigenvalue weighted by atomic mass is 16.5. The minimum absolute atomic E-state index is 0.0331. The number of esters is 1. The summed E-state index contributed by atoms with van der Waals surface area (Å²) in [6.45, 7) is 4.21. The van der Waals surface area contributed by atoms with Crippen molar-refractivity contribution in [1.29, 1.82) is 0 Å². The lowest BCUT2D eigenvalue weighted by atomic mass is 10.1. The zero-order valence-electron chi connectivity index (χ0n) is 18.7. The largest absolute Gasteiger partial charge is 0.497 e. The molecule has 0 fully saturated rings. The molecule has 1 unspecified atom stereocenters. The van der Waals surface area contributed by atoms with E-state index < -0.39 is 12.1 Å². The molecule has 0 saturated carbocycles. The number of fused-ring (bicyclic) bond motifs is 1. The van der Waals surface area contributed by atoms with E-state index >= 15 is 0 Å². The normalized spacial score (nSPS) is 11.8. The summed E-state index contributed by atoms with van der Waals surface area (Å²) in [7, 11) is 1.55. The molecular formula is C25H28N2O5. The Morgan fingerprint density at radius 2 is 1.81 bits per heavy atom. The van der Waals surface area contributed by atoms with Crippen molar-refractivity contribution in [2.45, 2.75) is 52.2 Å². The van der Waals surface area contributed by atoms with E-state index in [4.69, 9.17) is 9.47 Å². The van der Waals surface area contributed by atoms with Gasteiger partial charge in [0.2, 0.25) is 5.78 Å². The molecule has 0 aliphatic rings. The number of hydrogen-bond acceptors (Lipinski definition) is 6. The Bertz CT molecular complexity index is 1150. The van der Waals surface area contributed by atoms with Crippen LogP contribution in [0.25, 0.3) is 11.0 Å². The molecule has 0 radical (unpaired) electrons. The van der Waals surface area contributed by atoms with Crippen LogP contribution in [-0.2, 0) is 22.5 Å². The second-order valence-electron chi connectivity index (χ2n) is 7.58. The van der Waals surface area contributed by atoms with Gasteiger partial charge in [-0.15, -0.1) is 0 Å². The SMILES string of the molecule is CCCCn1c(=O)c(CCC(=O)OC(C)C(=O)c2ccc(OC)cc2)nc2ccccc21. The highest BCUT2D eigenvalue weighted by Crippen LogP contribution is 2.15. The van der Waals surface area contributed by atoms with E-state index in [0.717, 1.165) is 23.9 Å². The number of para-hydroxylation sites is 2. The molecule has 3 aromatic rings. The van der Waals surface area contributed by atoms with E-state index in [9.17, 15) is 14.4 Å². The lowest BCUT2D eigenvalue weighted by Crippen LogP contribution is -2.28. The van der Waals surface area contributed by atoms with Gasteiger partial charge in [0.15, 0.2) is 6.10 Å². The first-order chi connectivity index (χ1) is 15.4. The Hall–Kier alpha value is -3.48. The molecule has 1 heterocycles. The van der Waals surface area contributed by atoms with Gasteiger partial charge in [-0.25, -0.2) is 4.98 Å². The topological polar surface area (TPSA) is 87.5 Å². The molecule has 0 aliphatic carbocycles. The molecule has 0 bridgehead atoms. The summed E-state index contributed by atoms with van der Waals surface area (Å²) in [6.07, 6.45) is 1.03. The standard InChI is InChI=1S/C25H28N2O5/c1-4-5-16-27-22-9-7-6-8-20(22)26-21(25(27)30)14-15-23(28)32-17(2)24(29)18-10-12-19(31-3)13-11-18/h6-13,17H,4-5,14-16H2,1-3H3. The maximum atomic E-state index is 13.0. The summed E-state index contributed by atoms with van der Waals surface area (Å²) in [5, 5.41) is 0. The fourth-order valence-electron chi connectivity index (χ4n) is 3.47. The van der Waals surface area contributed by atoms with E-state index in [1.54, 1.807) is 35.9 Å². The first kappa shape index (κ1) is 23.2. The smallest absolute Gasteiger partial charge is 0.306 e. The molecule has 3 rings (SSSR count). The third-order valence-electron chi connectivity index (χ3n) is 5.27. The van der Waals surface area contributed by atoms with E-state index in [2.05, 4.69) is 11.9 Å². The third kappa shape index (κ3) is 5.41. The number of ketones is 1. The monoisotopic (exact) mass is 436 g/mol. The van der Waals surface area contributed by atoms with Crippen molar-refractivity contribution in [2.24, 2.45) is 0 Å². The highest BCUT2D eigenvalue weighted by molar-refractivity contribution is 6.00. The predicted octanol–water partition coefficient (Wildman–Crippen LogP) is 3.95. The van der Waals surface area contributed by atoms with Crippen LogP contribution < -0.4 is 10.3 Å². The third-order valence-corrected chi connectivity index (χ3v) is 5.27. The van der Waals surface area contributed by atoms with E-state index in [1.807, 2.05) is 24.3 Å². The van der Waals surface area contributed by atoms with Crippen molar-refractivity contribution >= 4 is 22.8 Å². The molecule has 0 saturated heterocycles. The van der Waals surface area contributed by atoms with Gasteiger partial charge < -0.3 is 14.0 Å². The van der Waals surface area contributed by atoms with Gasteiger partial charge in [0.05, 0.1) is 24.6 Å². The molecule has 168 valence electrons. The van der Waals surface area contributed by atoms with Gasteiger partial charge in [-0.1, -0.05) is 25.5 Å². The van der Waals surface area contributed by atoms with Crippen LogP contribution >= 0.6 is 0 Å². The number of benzene rings is 2. The van der Waals surface area contributed by atoms with Crippen LogP contribution in [0.15, 0.2) is 53.3 Å². The number of nitrogens with zero attached hydrogens (tertiary/aromatic N) is 2. The van der Waals surface area contributed by atoms with Crippen LogP contribution in [0.5, 0.6) is 5.75 Å². The molecule has 0 N–H and O–H groups in total. The van der Waals surface area contributed by atoms with Crippen molar-refractivity contribution < 1.29 is 19.1 Å². The molecule has 2 aromatic carbocycles. The number of unbranched alkanes of at least 4 members (excludes halogenated alkanes) is 1. The number of carbonyl (C=O) groups is 2. The van der Waals surface area contributed by atoms with Crippen LogP contribution in [0.1, 0.15) is 49.2 Å². The Morgan fingerprint density at radius 1 is 1.09 bits per heavy atom. The summed E-state index contributed by atoms with van der Waals surface area (Å²) >= 11 is 0. The summed E-state index contributed by atoms with van der Waals surface area (Å²) in [4.78, 5) is 42.3. The molecule has 0 amide bonds. The second-order valence-corrected chi connectivity index (χ2v) is 7.58. The van der Waals surface area contributed by atoms with Crippen molar-refractivity contribution in [2.75, 3.05) is 7.11 Å². The number of rotatable bonds is 10. The van der Waals surface area contributed by atoms with Crippen molar-refractivity contribution in [3.05, 3.63) is 70.1 Å². The number of aromatic nitrogens is 2. The molecule has 0 aliphatic heterocycles. The molecule has 1 aromatic heterocycles. The van der Waals surface area contributed by atoms with Gasteiger partial charge >= 0.3 is 5.97 Å². The van der Waals surface area contributed by atoms with E-state index in [0.29, 0.717) is 23.6 Å². The average Bonchev–Trinajstić information content (AvgIpc) is 2.81. The number of aryl methyl sites for hydroxylation is 2. The first-order valence-electron chi connectivity index (χ1n) is 10.8. The van der Waals surface area contributed by atoms with Gasteiger partial charge in [0.25, 0.3) is 5.56 Å². The molecule has 7 nitrogen and oxygen atoms in total. The fourth-order valence-corrected chi connectivity index (χ4v) is 3.47. The number of Topliss-reactive ketones (excluding diaryl/α,β-unsaturated/α-hetero) is 1. The Balaban J connectivity index is 1.68. The summed E-state index contributed by atoms with van der Waals surface area (Å²) in [6, 6.07) is 14.1. The van der Waals surface area contributed by atoms with Crippen LogP contribution in [0.4, 0.5) is 0 Å². The predicted molar refractivity (Wildman–Crippen MR) is 122 cm³/mol. The zero-order chi connectivity index (χ0) is 23.1. The van der Waals surface area contributed by atoms with Gasteiger partial charge in [-0.05, 0) is 49.7 Å². The maximum Gasteiger partial charge on any atom is 0.306 e. The molecule has 7 heteroatoms. The fraction of sp³-hybridized carbons (Fsp3) is 0.360. The van der Waals surface area contributed by atoms with Crippen molar-refractivity contribution in [3.63, 3.8) is 0 Å². The van der Waals surface area contributed by atoms with E-state index in [1.165, 1.54) is 6.92 Å². The first-order valence-corrected chi connectivity index (χ1v) is 10.8.